The van der Waals surface area contributed by atoms with Crippen LogP contribution in [-0.4, -0.2) is 44.9 Å². The van der Waals surface area contributed by atoms with Gasteiger partial charge in [-0.1, -0.05) is 12.1 Å². The van der Waals surface area contributed by atoms with Crippen molar-refractivity contribution in [1.29, 1.82) is 0 Å². The molecule has 0 amide bonds. The van der Waals surface area contributed by atoms with E-state index in [0.717, 1.165) is 16.8 Å². The van der Waals surface area contributed by atoms with Crippen molar-refractivity contribution in [3.05, 3.63) is 77.3 Å². The number of carbonyl (C=O) groups is 1. The molecule has 2 aliphatic heterocycles. The Labute approximate surface area is 179 Å². The van der Waals surface area contributed by atoms with Gasteiger partial charge in [0, 0.05) is 55.1 Å². The number of Topliss-reactive ketones (excluding diaryl/α,β-unsaturated/α-hetero) is 1. The number of fused-ring (bicyclic) bond motifs is 1. The number of nitrogens with one attached hydrogen (secondary N) is 1. The molecule has 0 radical (unpaired) electrons. The largest absolute Gasteiger partial charge is 0.317 e. The molecule has 1 fully saturated rings. The molecule has 1 N–H and O–H groups in total. The number of ketones is 1. The molecule has 31 heavy (non-hydrogen) atoms. The molecule has 5 rings (SSSR count). The molecule has 2 atom stereocenters. The minimum atomic E-state index is -0.536. The number of nitrogens with zero attached hydrogens (tertiary/aromatic N) is 5. The molecule has 4 heterocycles. The van der Waals surface area contributed by atoms with Crippen LogP contribution in [0.1, 0.15) is 21.6 Å². The van der Waals surface area contributed by atoms with Crippen LogP contribution in [0.15, 0.2) is 54.6 Å². The molecule has 1 saturated heterocycles. The van der Waals surface area contributed by atoms with Gasteiger partial charge in [0.15, 0.2) is 11.6 Å². The van der Waals surface area contributed by atoms with Crippen LogP contribution in [0.4, 0.5) is 10.3 Å². The number of hydrogen-bond donors (Lipinski definition) is 1. The van der Waals surface area contributed by atoms with E-state index >= 15 is 0 Å². The number of halogens is 1. The lowest BCUT2D eigenvalue weighted by atomic mass is 9.92. The summed E-state index contributed by atoms with van der Waals surface area (Å²) in [6.07, 6.45) is 6.83. The van der Waals surface area contributed by atoms with Crippen LogP contribution in [0.5, 0.6) is 0 Å². The number of anilines is 1. The van der Waals surface area contributed by atoms with Crippen molar-refractivity contribution >= 4 is 11.7 Å². The highest BCUT2D eigenvalue weighted by Gasteiger charge is 2.41. The quantitative estimate of drug-likeness (QED) is 0.655. The first-order chi connectivity index (χ1) is 15.0. The molecule has 2 unspecified atom stereocenters. The summed E-state index contributed by atoms with van der Waals surface area (Å²) in [6.45, 7) is 5.29. The molecular formula is C23H21FN6O. The van der Waals surface area contributed by atoms with E-state index in [9.17, 15) is 9.18 Å². The van der Waals surface area contributed by atoms with Crippen LogP contribution in [0.3, 0.4) is 0 Å². The molecule has 2 aromatic heterocycles. The fourth-order valence-electron chi connectivity index (χ4n) is 4.13. The zero-order chi connectivity index (χ0) is 21.5. The van der Waals surface area contributed by atoms with Gasteiger partial charge in [0.25, 0.3) is 0 Å². The summed E-state index contributed by atoms with van der Waals surface area (Å²) in [6, 6.07) is 5.61. The molecule has 0 saturated carbocycles. The maximum Gasteiger partial charge on any atom is 0.229 e. The highest BCUT2D eigenvalue weighted by Crippen LogP contribution is 2.34. The summed E-state index contributed by atoms with van der Waals surface area (Å²) in [5.74, 6) is 0.282. The van der Waals surface area contributed by atoms with Crippen molar-refractivity contribution in [2.24, 2.45) is 5.92 Å². The molecule has 2 aliphatic rings. The van der Waals surface area contributed by atoms with Gasteiger partial charge < -0.3 is 10.2 Å². The van der Waals surface area contributed by atoms with Gasteiger partial charge in [-0.2, -0.15) is 0 Å². The van der Waals surface area contributed by atoms with E-state index in [-0.39, 0.29) is 28.7 Å². The summed E-state index contributed by atoms with van der Waals surface area (Å²) < 4.78 is 14.7. The molecule has 7 nitrogen and oxygen atoms in total. The molecule has 3 aromatic rings. The van der Waals surface area contributed by atoms with Gasteiger partial charge in [0.2, 0.25) is 5.95 Å². The van der Waals surface area contributed by atoms with Crippen LogP contribution in [-0.2, 0) is 0 Å². The molecule has 0 bridgehead atoms. The first-order valence-corrected chi connectivity index (χ1v) is 10.1. The Bertz CT molecular complexity index is 1200. The average Bonchev–Trinajstić information content (AvgIpc) is 3.36. The van der Waals surface area contributed by atoms with Crippen LogP contribution in [0.25, 0.3) is 11.4 Å². The van der Waals surface area contributed by atoms with E-state index in [4.69, 9.17) is 0 Å². The van der Waals surface area contributed by atoms with Crippen LogP contribution < -0.4 is 10.2 Å². The van der Waals surface area contributed by atoms with Crippen molar-refractivity contribution in [2.45, 2.75) is 19.9 Å². The SMILES string of the molecule is Cc1cnc(N2C=C3C(CNC3C(=O)c3cccc(F)c3-c3ncccn3)C2)nc1C. The van der Waals surface area contributed by atoms with Crippen LogP contribution >= 0.6 is 0 Å². The molecule has 0 spiro atoms. The van der Waals surface area contributed by atoms with E-state index in [1.807, 2.05) is 31.1 Å². The maximum absolute atomic E-state index is 14.7. The Morgan fingerprint density at radius 1 is 1.16 bits per heavy atom. The highest BCUT2D eigenvalue weighted by atomic mass is 19.1. The van der Waals surface area contributed by atoms with Crippen LogP contribution in [0.2, 0.25) is 0 Å². The fourth-order valence-corrected chi connectivity index (χ4v) is 4.13. The lowest BCUT2D eigenvalue weighted by molar-refractivity contribution is 0.0966. The van der Waals surface area contributed by atoms with Gasteiger partial charge in [-0.05, 0) is 37.1 Å². The standard InChI is InChI=1S/C23H21FN6O/c1-13-9-28-23(29-14(13)2)30-11-15-10-27-20(17(15)12-30)21(31)16-5-3-6-18(24)19(16)22-25-7-4-8-26-22/h3-9,12,15,20,27H,10-11H2,1-2H3. The highest BCUT2D eigenvalue weighted by molar-refractivity contribution is 6.07. The third-order valence-electron chi connectivity index (χ3n) is 5.89. The minimum Gasteiger partial charge on any atom is -0.317 e. The van der Waals surface area contributed by atoms with Crippen molar-refractivity contribution in [3.8, 4) is 11.4 Å². The first-order valence-electron chi connectivity index (χ1n) is 10.1. The van der Waals surface area contributed by atoms with E-state index < -0.39 is 11.9 Å². The number of rotatable bonds is 4. The minimum absolute atomic E-state index is 0.131. The Morgan fingerprint density at radius 3 is 2.74 bits per heavy atom. The normalized spacial score (nSPS) is 20.0. The second-order valence-corrected chi connectivity index (χ2v) is 7.86. The lowest BCUT2D eigenvalue weighted by Gasteiger charge is -2.17. The fraction of sp³-hybridized carbons (Fsp3) is 0.261. The monoisotopic (exact) mass is 416 g/mol. The Balaban J connectivity index is 1.49. The molecular weight excluding hydrogens is 395 g/mol. The van der Waals surface area contributed by atoms with E-state index in [0.29, 0.717) is 19.0 Å². The van der Waals surface area contributed by atoms with Gasteiger partial charge >= 0.3 is 0 Å². The predicted octanol–water partition coefficient (Wildman–Crippen LogP) is 2.86. The Kier molecular flexibility index (Phi) is 4.78. The van der Waals surface area contributed by atoms with Gasteiger partial charge in [0.05, 0.1) is 11.6 Å². The van der Waals surface area contributed by atoms with Gasteiger partial charge in [-0.25, -0.2) is 24.3 Å². The molecule has 1 aromatic carbocycles. The zero-order valence-corrected chi connectivity index (χ0v) is 17.2. The average molecular weight is 416 g/mol. The maximum atomic E-state index is 14.7. The molecule has 8 heteroatoms. The second-order valence-electron chi connectivity index (χ2n) is 7.86. The summed E-state index contributed by atoms with van der Waals surface area (Å²) in [5, 5.41) is 3.30. The number of aryl methyl sites for hydroxylation is 2. The van der Waals surface area contributed by atoms with Crippen molar-refractivity contribution in [1.82, 2.24) is 25.3 Å². The van der Waals surface area contributed by atoms with E-state index in [1.165, 1.54) is 18.5 Å². The summed E-state index contributed by atoms with van der Waals surface area (Å²) in [7, 11) is 0. The summed E-state index contributed by atoms with van der Waals surface area (Å²) in [4.78, 5) is 32.8. The number of carbonyl (C=O) groups excluding carboxylic acids is 1. The number of aromatic nitrogens is 4. The third-order valence-corrected chi connectivity index (χ3v) is 5.89. The van der Waals surface area contributed by atoms with Crippen molar-refractivity contribution in [2.75, 3.05) is 18.0 Å². The third kappa shape index (κ3) is 3.38. The van der Waals surface area contributed by atoms with Crippen LogP contribution in [0, 0.1) is 25.6 Å². The van der Waals surface area contributed by atoms with Gasteiger partial charge in [-0.3, -0.25) is 4.79 Å². The summed E-state index contributed by atoms with van der Waals surface area (Å²) in [5.41, 5.74) is 3.33. The van der Waals surface area contributed by atoms with Crippen molar-refractivity contribution in [3.63, 3.8) is 0 Å². The molecule has 156 valence electrons. The van der Waals surface area contributed by atoms with E-state index in [1.54, 1.807) is 18.2 Å². The number of benzene rings is 1. The Morgan fingerprint density at radius 2 is 1.97 bits per heavy atom. The predicted molar refractivity (Wildman–Crippen MR) is 114 cm³/mol. The number of hydrogen-bond acceptors (Lipinski definition) is 7. The topological polar surface area (TPSA) is 83.9 Å². The van der Waals surface area contributed by atoms with E-state index in [2.05, 4.69) is 25.3 Å². The van der Waals surface area contributed by atoms with Gasteiger partial charge in [-0.15, -0.1) is 0 Å². The Hall–Kier alpha value is -3.52. The molecule has 0 aliphatic carbocycles. The van der Waals surface area contributed by atoms with Gasteiger partial charge in [0.1, 0.15) is 5.82 Å². The zero-order valence-electron chi connectivity index (χ0n) is 17.2. The first kappa shape index (κ1) is 19.4. The summed E-state index contributed by atoms with van der Waals surface area (Å²) >= 11 is 0. The lowest BCUT2D eigenvalue weighted by Crippen LogP contribution is -2.33. The second kappa shape index (κ2) is 7.63. The van der Waals surface area contributed by atoms with Crippen molar-refractivity contribution < 1.29 is 9.18 Å². The smallest absolute Gasteiger partial charge is 0.229 e.